The van der Waals surface area contributed by atoms with Crippen LogP contribution in [0.15, 0.2) is 53.7 Å². The monoisotopic (exact) mass is 286 g/mol. The van der Waals surface area contributed by atoms with Gasteiger partial charge in [-0.15, -0.1) is 11.8 Å². The summed E-state index contributed by atoms with van der Waals surface area (Å²) in [4.78, 5) is 4.52. The zero-order valence-corrected chi connectivity index (χ0v) is 13.2. The van der Waals surface area contributed by atoms with E-state index < -0.39 is 0 Å². The van der Waals surface area contributed by atoms with Crippen molar-refractivity contribution in [1.82, 2.24) is 10.3 Å². The Morgan fingerprint density at radius 3 is 2.50 bits per heavy atom. The zero-order valence-electron chi connectivity index (χ0n) is 12.4. The maximum atomic E-state index is 4.52. The lowest BCUT2D eigenvalue weighted by atomic mass is 10.1. The highest BCUT2D eigenvalue weighted by atomic mass is 32.2. The number of thioether (sulfide) groups is 1. The van der Waals surface area contributed by atoms with Crippen molar-refractivity contribution in [3.05, 3.63) is 59.8 Å². The first-order valence-electron chi connectivity index (χ1n) is 6.90. The molecule has 2 rings (SSSR count). The van der Waals surface area contributed by atoms with Crippen LogP contribution in [0.5, 0.6) is 0 Å². The van der Waals surface area contributed by atoms with Crippen molar-refractivity contribution in [1.29, 1.82) is 0 Å². The SMILES string of the molecule is CC(C)(C)NCc1cccnc1SCc1ccccc1. The summed E-state index contributed by atoms with van der Waals surface area (Å²) in [7, 11) is 0. The van der Waals surface area contributed by atoms with Crippen LogP contribution >= 0.6 is 11.8 Å². The molecule has 0 bridgehead atoms. The molecule has 1 aromatic heterocycles. The molecule has 0 spiro atoms. The summed E-state index contributed by atoms with van der Waals surface area (Å²) in [6.45, 7) is 7.40. The van der Waals surface area contributed by atoms with Crippen LogP contribution in [0.1, 0.15) is 31.9 Å². The predicted octanol–water partition coefficient (Wildman–Crippen LogP) is 4.26. The van der Waals surface area contributed by atoms with Crippen molar-refractivity contribution in [2.24, 2.45) is 0 Å². The van der Waals surface area contributed by atoms with Crippen LogP contribution in [0, 0.1) is 0 Å². The van der Waals surface area contributed by atoms with Crippen LogP contribution in [0.25, 0.3) is 0 Å². The maximum Gasteiger partial charge on any atom is 0.101 e. The molecular weight excluding hydrogens is 264 g/mol. The summed E-state index contributed by atoms with van der Waals surface area (Å²) in [6.07, 6.45) is 1.87. The fourth-order valence-corrected chi connectivity index (χ4v) is 2.73. The molecule has 2 nitrogen and oxygen atoms in total. The molecule has 0 amide bonds. The van der Waals surface area contributed by atoms with E-state index in [0.717, 1.165) is 17.3 Å². The Morgan fingerprint density at radius 2 is 1.80 bits per heavy atom. The fourth-order valence-electron chi connectivity index (χ4n) is 1.77. The molecule has 106 valence electrons. The number of benzene rings is 1. The molecule has 0 fully saturated rings. The smallest absolute Gasteiger partial charge is 0.101 e. The van der Waals surface area contributed by atoms with Gasteiger partial charge in [0.25, 0.3) is 0 Å². The Bertz CT molecular complexity index is 532. The van der Waals surface area contributed by atoms with Crippen molar-refractivity contribution >= 4 is 11.8 Å². The van der Waals surface area contributed by atoms with Gasteiger partial charge >= 0.3 is 0 Å². The largest absolute Gasteiger partial charge is 0.308 e. The van der Waals surface area contributed by atoms with Gasteiger partial charge in [0, 0.05) is 24.0 Å². The minimum absolute atomic E-state index is 0.122. The average Bonchev–Trinajstić information content (AvgIpc) is 2.44. The van der Waals surface area contributed by atoms with Gasteiger partial charge in [0.1, 0.15) is 5.03 Å². The average molecular weight is 286 g/mol. The number of hydrogen-bond donors (Lipinski definition) is 1. The Kier molecular flexibility index (Phi) is 5.21. The number of pyridine rings is 1. The maximum absolute atomic E-state index is 4.52. The van der Waals surface area contributed by atoms with E-state index in [9.17, 15) is 0 Å². The van der Waals surface area contributed by atoms with Gasteiger partial charge in [-0.25, -0.2) is 4.98 Å². The third-order valence-electron chi connectivity index (χ3n) is 2.88. The molecular formula is C17H22N2S. The fraction of sp³-hybridized carbons (Fsp3) is 0.353. The molecule has 0 unspecified atom stereocenters. The standard InChI is InChI=1S/C17H22N2S/c1-17(2,3)19-12-15-10-7-11-18-16(15)20-13-14-8-5-4-6-9-14/h4-11,19H,12-13H2,1-3H3. The van der Waals surface area contributed by atoms with Crippen molar-refractivity contribution in [2.75, 3.05) is 0 Å². The van der Waals surface area contributed by atoms with Crippen LogP contribution in [-0.4, -0.2) is 10.5 Å². The second kappa shape index (κ2) is 6.91. The van der Waals surface area contributed by atoms with Gasteiger partial charge in [0.05, 0.1) is 0 Å². The van der Waals surface area contributed by atoms with Crippen LogP contribution in [-0.2, 0) is 12.3 Å². The van der Waals surface area contributed by atoms with E-state index in [1.54, 1.807) is 11.8 Å². The summed E-state index contributed by atoms with van der Waals surface area (Å²) in [5.74, 6) is 0.959. The van der Waals surface area contributed by atoms with Crippen LogP contribution < -0.4 is 5.32 Å². The zero-order chi connectivity index (χ0) is 14.4. The Hall–Kier alpha value is -1.32. The van der Waals surface area contributed by atoms with Crippen LogP contribution in [0.3, 0.4) is 0 Å². The quantitative estimate of drug-likeness (QED) is 0.831. The van der Waals surface area contributed by atoms with E-state index in [2.05, 4.69) is 61.4 Å². The lowest BCUT2D eigenvalue weighted by Crippen LogP contribution is -2.35. The second-order valence-corrected chi connectivity index (χ2v) is 6.81. The van der Waals surface area contributed by atoms with Gasteiger partial charge in [-0.3, -0.25) is 0 Å². The third kappa shape index (κ3) is 4.99. The van der Waals surface area contributed by atoms with E-state index in [1.165, 1.54) is 11.1 Å². The Morgan fingerprint density at radius 1 is 1.05 bits per heavy atom. The van der Waals surface area contributed by atoms with Gasteiger partial charge in [-0.1, -0.05) is 36.4 Å². The second-order valence-electron chi connectivity index (χ2n) is 5.85. The summed E-state index contributed by atoms with van der Waals surface area (Å²) < 4.78 is 0. The van der Waals surface area contributed by atoms with Crippen molar-refractivity contribution < 1.29 is 0 Å². The number of nitrogens with one attached hydrogen (secondary N) is 1. The highest BCUT2D eigenvalue weighted by Crippen LogP contribution is 2.24. The minimum atomic E-state index is 0.122. The molecule has 0 atom stereocenters. The summed E-state index contributed by atoms with van der Waals surface area (Å²) >= 11 is 1.80. The summed E-state index contributed by atoms with van der Waals surface area (Å²) in [5, 5.41) is 4.64. The highest BCUT2D eigenvalue weighted by molar-refractivity contribution is 7.98. The van der Waals surface area contributed by atoms with Gasteiger partial charge in [-0.05, 0) is 38.0 Å². The van der Waals surface area contributed by atoms with E-state index in [1.807, 2.05) is 18.3 Å². The normalized spacial score (nSPS) is 11.6. The molecule has 1 aromatic carbocycles. The predicted molar refractivity (Wildman–Crippen MR) is 86.8 cm³/mol. The van der Waals surface area contributed by atoms with Gasteiger partial charge < -0.3 is 5.32 Å². The molecule has 0 aliphatic rings. The summed E-state index contributed by atoms with van der Waals surface area (Å²) in [6, 6.07) is 14.7. The molecule has 20 heavy (non-hydrogen) atoms. The lowest BCUT2D eigenvalue weighted by Gasteiger charge is -2.21. The molecule has 1 N–H and O–H groups in total. The van der Waals surface area contributed by atoms with E-state index in [4.69, 9.17) is 0 Å². The number of aromatic nitrogens is 1. The summed E-state index contributed by atoms with van der Waals surface area (Å²) in [5.41, 5.74) is 2.72. The third-order valence-corrected chi connectivity index (χ3v) is 4.00. The van der Waals surface area contributed by atoms with Crippen molar-refractivity contribution in [2.45, 2.75) is 43.6 Å². The van der Waals surface area contributed by atoms with E-state index >= 15 is 0 Å². The first kappa shape index (κ1) is 15.1. The highest BCUT2D eigenvalue weighted by Gasteiger charge is 2.11. The van der Waals surface area contributed by atoms with E-state index in [0.29, 0.717) is 0 Å². The van der Waals surface area contributed by atoms with Crippen LogP contribution in [0.4, 0.5) is 0 Å². The molecule has 0 saturated heterocycles. The van der Waals surface area contributed by atoms with Crippen molar-refractivity contribution in [3.63, 3.8) is 0 Å². The molecule has 0 radical (unpaired) electrons. The molecule has 1 heterocycles. The van der Waals surface area contributed by atoms with Gasteiger partial charge in [0.2, 0.25) is 0 Å². The molecule has 0 aliphatic heterocycles. The number of nitrogens with zero attached hydrogens (tertiary/aromatic N) is 1. The minimum Gasteiger partial charge on any atom is -0.308 e. The molecule has 2 aromatic rings. The Labute approximate surface area is 126 Å². The molecule has 3 heteroatoms. The number of rotatable bonds is 5. The number of hydrogen-bond acceptors (Lipinski definition) is 3. The topological polar surface area (TPSA) is 24.9 Å². The first-order chi connectivity index (χ1) is 9.54. The molecule has 0 aliphatic carbocycles. The first-order valence-corrected chi connectivity index (χ1v) is 7.89. The van der Waals surface area contributed by atoms with Gasteiger partial charge in [-0.2, -0.15) is 0 Å². The molecule has 0 saturated carbocycles. The lowest BCUT2D eigenvalue weighted by molar-refractivity contribution is 0.422. The van der Waals surface area contributed by atoms with Crippen molar-refractivity contribution in [3.8, 4) is 0 Å². The Balaban J connectivity index is 2.01. The van der Waals surface area contributed by atoms with Gasteiger partial charge in [0.15, 0.2) is 0 Å². The van der Waals surface area contributed by atoms with Crippen LogP contribution in [0.2, 0.25) is 0 Å². The van der Waals surface area contributed by atoms with E-state index in [-0.39, 0.29) is 5.54 Å².